The maximum Gasteiger partial charge on any atom is 0.326 e. The molecule has 68 valence electrons. The Morgan fingerprint density at radius 2 is 2.15 bits per heavy atom. The van der Waals surface area contributed by atoms with Gasteiger partial charge in [0.05, 0.1) is 0 Å². The topological polar surface area (TPSA) is 37.4 Å². The number of carbonyl (C=O) groups is 2. The first kappa shape index (κ1) is 8.10. The number of nitrogens with zero attached hydrogens (tertiary/aromatic N) is 1. The highest BCUT2D eigenvalue weighted by molar-refractivity contribution is 6.42. The molecule has 1 heterocycles. The summed E-state index contributed by atoms with van der Waals surface area (Å²) in [6.07, 6.45) is 3.61. The lowest BCUT2D eigenvalue weighted by Gasteiger charge is -2.18. The zero-order valence-electron chi connectivity index (χ0n) is 6.46. The summed E-state index contributed by atoms with van der Waals surface area (Å²) >= 11 is 0. The molecule has 0 radical (unpaired) electrons. The molecule has 2 aliphatic rings. The molecule has 1 amide bonds. The van der Waals surface area contributed by atoms with Gasteiger partial charge in [0, 0.05) is 6.42 Å². The van der Waals surface area contributed by atoms with Crippen LogP contribution in [0.5, 0.6) is 0 Å². The third-order valence-electron chi connectivity index (χ3n) is 2.14. The second kappa shape index (κ2) is 2.25. The molecule has 1 aliphatic carbocycles. The molecule has 3 nitrogen and oxygen atoms in total. The van der Waals surface area contributed by atoms with Crippen LogP contribution in [0.2, 0.25) is 0 Å². The molecule has 13 heavy (non-hydrogen) atoms. The van der Waals surface area contributed by atoms with Crippen LogP contribution in [0.1, 0.15) is 6.42 Å². The number of hydrogen-bond acceptors (Lipinski definition) is 2. The van der Waals surface area contributed by atoms with Gasteiger partial charge in [0.1, 0.15) is 5.70 Å². The number of hydrogen-bond donors (Lipinski definition) is 0. The average molecular weight is 185 g/mol. The Labute approximate surface area is 72.3 Å². The van der Waals surface area contributed by atoms with E-state index in [1.807, 2.05) is 0 Å². The third-order valence-corrected chi connectivity index (χ3v) is 2.14. The van der Waals surface area contributed by atoms with E-state index in [1.165, 1.54) is 12.2 Å². The zero-order valence-corrected chi connectivity index (χ0v) is 6.46. The van der Waals surface area contributed by atoms with E-state index in [1.54, 1.807) is 0 Å². The minimum Gasteiger partial charge on any atom is -0.284 e. The van der Waals surface area contributed by atoms with Gasteiger partial charge >= 0.3 is 5.91 Å². The van der Waals surface area contributed by atoms with Crippen LogP contribution >= 0.6 is 0 Å². The van der Waals surface area contributed by atoms with Crippen molar-refractivity contribution in [1.82, 2.24) is 5.12 Å². The number of fused-ring (bicyclic) bond motifs is 1. The van der Waals surface area contributed by atoms with Gasteiger partial charge in [-0.1, -0.05) is 16.6 Å². The first-order valence-electron chi connectivity index (χ1n) is 3.68. The lowest BCUT2D eigenvalue weighted by molar-refractivity contribution is -0.148. The number of amides is 1. The van der Waals surface area contributed by atoms with Crippen LogP contribution in [0.3, 0.4) is 0 Å². The molecule has 1 aliphatic heterocycles. The average Bonchev–Trinajstić information content (AvgIpc) is 2.29. The molecule has 1 atom stereocenters. The predicted molar refractivity (Wildman–Crippen MR) is 38.6 cm³/mol. The monoisotopic (exact) mass is 185 g/mol. The van der Waals surface area contributed by atoms with E-state index in [0.717, 1.165) is 6.08 Å². The van der Waals surface area contributed by atoms with Crippen molar-refractivity contribution in [3.63, 3.8) is 0 Å². The van der Waals surface area contributed by atoms with Crippen LogP contribution in [-0.2, 0) is 9.59 Å². The van der Waals surface area contributed by atoms with E-state index in [0.29, 0.717) is 0 Å². The van der Waals surface area contributed by atoms with Gasteiger partial charge in [-0.3, -0.25) is 9.59 Å². The SMILES string of the molecule is O=C1C(=O)C2(F)CC=CC=C2N1F. The number of allylic oxidation sites excluding steroid dienone is 4. The predicted octanol–water partition coefficient (Wildman–Crippen LogP) is 0.834. The largest absolute Gasteiger partial charge is 0.326 e. The Balaban J connectivity index is 2.56. The maximum absolute atomic E-state index is 13.7. The molecule has 0 bridgehead atoms. The first-order chi connectivity index (χ1) is 6.07. The number of halogens is 2. The molecule has 0 spiro atoms. The van der Waals surface area contributed by atoms with Crippen molar-refractivity contribution in [2.24, 2.45) is 0 Å². The lowest BCUT2D eigenvalue weighted by atomic mass is 9.92. The Hall–Kier alpha value is -1.52. The fourth-order valence-corrected chi connectivity index (χ4v) is 1.42. The van der Waals surface area contributed by atoms with E-state index >= 15 is 0 Å². The van der Waals surface area contributed by atoms with Crippen molar-refractivity contribution < 1.29 is 18.5 Å². The molecule has 2 rings (SSSR count). The second-order valence-electron chi connectivity index (χ2n) is 2.90. The normalized spacial score (nSPS) is 32.2. The molecule has 0 aromatic heterocycles. The van der Waals surface area contributed by atoms with Crippen molar-refractivity contribution in [2.75, 3.05) is 0 Å². The summed E-state index contributed by atoms with van der Waals surface area (Å²) < 4.78 is 26.5. The number of Topliss-reactive ketones (excluding diaryl/α,β-unsaturated/α-hetero) is 1. The van der Waals surface area contributed by atoms with Gasteiger partial charge in [-0.25, -0.2) is 4.39 Å². The number of ketones is 1. The molecule has 5 heteroatoms. The van der Waals surface area contributed by atoms with E-state index in [9.17, 15) is 18.5 Å². The van der Waals surface area contributed by atoms with E-state index in [-0.39, 0.29) is 6.42 Å². The van der Waals surface area contributed by atoms with Crippen LogP contribution in [0, 0.1) is 0 Å². The first-order valence-corrected chi connectivity index (χ1v) is 3.68. The molecule has 0 saturated carbocycles. The Morgan fingerprint density at radius 1 is 1.46 bits per heavy atom. The molecular formula is C8H5F2NO2. The molecule has 0 aromatic rings. The van der Waals surface area contributed by atoms with Gasteiger partial charge in [0.25, 0.3) is 5.78 Å². The molecular weight excluding hydrogens is 180 g/mol. The molecule has 1 fully saturated rings. The van der Waals surface area contributed by atoms with Crippen molar-refractivity contribution in [3.8, 4) is 0 Å². The molecule has 0 N–H and O–H groups in total. The van der Waals surface area contributed by atoms with Gasteiger partial charge in [0.15, 0.2) is 0 Å². The number of rotatable bonds is 0. The Bertz CT molecular complexity index is 361. The highest BCUT2D eigenvalue weighted by Gasteiger charge is 2.57. The van der Waals surface area contributed by atoms with Crippen LogP contribution < -0.4 is 0 Å². The second-order valence-corrected chi connectivity index (χ2v) is 2.90. The fourth-order valence-electron chi connectivity index (χ4n) is 1.42. The smallest absolute Gasteiger partial charge is 0.284 e. The van der Waals surface area contributed by atoms with Crippen molar-refractivity contribution in [3.05, 3.63) is 23.9 Å². The summed E-state index contributed by atoms with van der Waals surface area (Å²) in [6.45, 7) is 0. The molecule has 1 saturated heterocycles. The summed E-state index contributed by atoms with van der Waals surface area (Å²) in [6, 6.07) is 0. The Morgan fingerprint density at radius 3 is 2.77 bits per heavy atom. The summed E-state index contributed by atoms with van der Waals surface area (Å²) in [5.41, 5.74) is -2.98. The minimum atomic E-state index is -2.47. The zero-order chi connectivity index (χ0) is 9.64. The van der Waals surface area contributed by atoms with Gasteiger partial charge in [-0.05, 0) is 6.08 Å². The van der Waals surface area contributed by atoms with Crippen molar-refractivity contribution in [2.45, 2.75) is 12.1 Å². The summed E-state index contributed by atoms with van der Waals surface area (Å²) in [5.74, 6) is -2.76. The quantitative estimate of drug-likeness (QED) is 0.414. The summed E-state index contributed by atoms with van der Waals surface area (Å²) in [5, 5.41) is -0.425. The standard InChI is InChI=1S/C8H5F2NO2/c9-8-4-2-1-3-5(8)11(10)7(13)6(8)12/h1-3H,4H2. The third kappa shape index (κ3) is 0.811. The van der Waals surface area contributed by atoms with Crippen LogP contribution in [0.25, 0.3) is 0 Å². The van der Waals surface area contributed by atoms with Gasteiger partial charge in [-0.2, -0.15) is 0 Å². The number of carbonyl (C=O) groups excluding carboxylic acids is 2. The van der Waals surface area contributed by atoms with Gasteiger partial charge < -0.3 is 0 Å². The van der Waals surface area contributed by atoms with E-state index < -0.39 is 28.2 Å². The van der Waals surface area contributed by atoms with Crippen LogP contribution in [0.4, 0.5) is 8.87 Å². The number of alkyl halides is 1. The van der Waals surface area contributed by atoms with Crippen LogP contribution in [-0.4, -0.2) is 22.5 Å². The van der Waals surface area contributed by atoms with Crippen molar-refractivity contribution >= 4 is 11.7 Å². The highest BCUT2D eigenvalue weighted by atomic mass is 19.2. The van der Waals surface area contributed by atoms with E-state index in [2.05, 4.69) is 0 Å². The summed E-state index contributed by atoms with van der Waals surface area (Å²) in [4.78, 5) is 21.8. The minimum absolute atomic E-state index is 0.274. The lowest BCUT2D eigenvalue weighted by Crippen LogP contribution is -2.32. The molecule has 0 aromatic carbocycles. The van der Waals surface area contributed by atoms with E-state index in [4.69, 9.17) is 0 Å². The summed E-state index contributed by atoms with van der Waals surface area (Å²) in [7, 11) is 0. The van der Waals surface area contributed by atoms with Gasteiger partial charge in [0.2, 0.25) is 5.67 Å². The maximum atomic E-state index is 13.7. The van der Waals surface area contributed by atoms with Gasteiger partial charge in [-0.15, -0.1) is 5.12 Å². The van der Waals surface area contributed by atoms with Crippen LogP contribution in [0.15, 0.2) is 23.9 Å². The fraction of sp³-hybridized carbons (Fsp3) is 0.250. The van der Waals surface area contributed by atoms with Crippen molar-refractivity contribution in [1.29, 1.82) is 0 Å². The molecule has 1 unspecified atom stereocenters. The Kier molecular flexibility index (Phi) is 1.40. The highest BCUT2D eigenvalue weighted by Crippen LogP contribution is 2.39.